The number of pyridine rings is 1. The number of alkyl carbamates (subject to hydrolysis) is 1. The summed E-state index contributed by atoms with van der Waals surface area (Å²) in [4.78, 5) is 79.6. The van der Waals surface area contributed by atoms with Crippen LogP contribution in [0.2, 0.25) is 0 Å². The highest BCUT2D eigenvalue weighted by Crippen LogP contribution is 2.73. The Morgan fingerprint density at radius 3 is 2.11 bits per heavy atom. The lowest BCUT2D eigenvalue weighted by molar-refractivity contribution is -0.142. The minimum absolute atomic E-state index is 0.0177. The van der Waals surface area contributed by atoms with E-state index in [4.69, 9.17) is 52.2 Å². The fourth-order valence-electron chi connectivity index (χ4n) is 8.40. The van der Waals surface area contributed by atoms with Crippen LogP contribution in [0.4, 0.5) is 19.5 Å². The number of thiazole rings is 1. The highest BCUT2D eigenvalue weighted by Gasteiger charge is 2.69. The van der Waals surface area contributed by atoms with Crippen LogP contribution in [-0.2, 0) is 46.9 Å². The number of hydrogen-bond donors (Lipinski definition) is 3. The van der Waals surface area contributed by atoms with Crippen molar-refractivity contribution in [2.45, 2.75) is 136 Å². The maximum Gasteiger partial charge on any atom is 0.510 e. The van der Waals surface area contributed by atoms with Crippen LogP contribution in [0.5, 0.6) is 11.5 Å². The zero-order chi connectivity index (χ0) is 53.3. The molecule has 2 aliphatic carbocycles. The number of benzene rings is 1. The summed E-state index contributed by atoms with van der Waals surface area (Å²) in [5, 5.41) is 10.3. The van der Waals surface area contributed by atoms with Gasteiger partial charge >= 0.3 is 26.0 Å². The van der Waals surface area contributed by atoms with E-state index in [1.54, 1.807) is 52.1 Å². The number of anilines is 1. The minimum atomic E-state index is -4.74. The number of ether oxygens (including phenoxy) is 7. The molecule has 3 heterocycles. The van der Waals surface area contributed by atoms with Gasteiger partial charge in [0.1, 0.15) is 46.8 Å². The molecule has 1 aliphatic heterocycles. The third kappa shape index (κ3) is 14.8. The second kappa shape index (κ2) is 24.6. The molecule has 1 saturated heterocycles. The number of nitrogens with zero attached hydrogens (tertiary/aromatic N) is 3. The van der Waals surface area contributed by atoms with Crippen LogP contribution in [-0.4, -0.2) is 121 Å². The van der Waals surface area contributed by atoms with E-state index in [1.165, 1.54) is 22.3 Å². The number of carbonyl (C=O) groups excluding carboxylic acids is 5. The molecule has 0 bridgehead atoms. The molecule has 2 saturated carbocycles. The number of amides is 3. The molecule has 1 aromatic carbocycles. The van der Waals surface area contributed by atoms with Gasteiger partial charge in [-0.15, -0.1) is 17.9 Å². The lowest BCUT2D eigenvalue weighted by atomic mass is 9.85. The second-order valence-corrected chi connectivity index (χ2v) is 23.8. The second-order valence-electron chi connectivity index (χ2n) is 20.6. The molecule has 402 valence electrons. The Bertz CT molecular complexity index is 2460. The molecule has 0 radical (unpaired) electrons. The predicted molar refractivity (Wildman–Crippen MR) is 271 cm³/mol. The van der Waals surface area contributed by atoms with E-state index in [2.05, 4.69) is 22.5 Å². The average Bonchev–Trinajstić information content (AvgIpc) is 3.73. The first kappa shape index (κ1) is 56.6. The Balaban J connectivity index is 1.34. The fraction of sp³-hybridized carbons (Fsp3) is 0.620. The highest BCUT2D eigenvalue weighted by molar-refractivity contribution is 7.56. The van der Waals surface area contributed by atoms with Gasteiger partial charge < -0.3 is 54.0 Å². The van der Waals surface area contributed by atoms with Crippen LogP contribution in [0, 0.1) is 23.2 Å². The van der Waals surface area contributed by atoms with Crippen molar-refractivity contribution in [3.63, 3.8) is 0 Å². The maximum atomic E-state index is 15.1. The van der Waals surface area contributed by atoms with Crippen LogP contribution >= 0.6 is 18.9 Å². The van der Waals surface area contributed by atoms with Crippen molar-refractivity contribution in [1.29, 1.82) is 0 Å². The van der Waals surface area contributed by atoms with E-state index in [9.17, 15) is 14.4 Å². The van der Waals surface area contributed by atoms with E-state index in [0.717, 1.165) is 12.8 Å². The molecular formula is C50H71N6O15PS. The molecule has 23 heteroatoms. The van der Waals surface area contributed by atoms with Crippen LogP contribution in [0.25, 0.3) is 22.3 Å². The average molecular weight is 1060 g/mol. The summed E-state index contributed by atoms with van der Waals surface area (Å²) in [6.07, 6.45) is 0.423. The van der Waals surface area contributed by atoms with Crippen LogP contribution in [0.3, 0.4) is 0 Å². The molecule has 3 N–H and O–H groups in total. The smallest absolute Gasteiger partial charge is 0.497 e. The van der Waals surface area contributed by atoms with Crippen molar-refractivity contribution >= 4 is 65.2 Å². The van der Waals surface area contributed by atoms with Crippen molar-refractivity contribution in [3.8, 4) is 22.9 Å². The first-order valence-corrected chi connectivity index (χ1v) is 27.0. The molecule has 21 nitrogen and oxygen atoms in total. The Morgan fingerprint density at radius 2 is 1.55 bits per heavy atom. The molecule has 3 fully saturated rings. The zero-order valence-electron chi connectivity index (χ0n) is 43.4. The summed E-state index contributed by atoms with van der Waals surface area (Å²) in [5.41, 5.74) is 0.723. The van der Waals surface area contributed by atoms with Crippen molar-refractivity contribution in [3.05, 3.63) is 42.3 Å². The first-order chi connectivity index (χ1) is 34.5. The predicted octanol–water partition coefficient (Wildman–Crippen LogP) is 9.40. The van der Waals surface area contributed by atoms with Crippen molar-refractivity contribution < 1.29 is 70.7 Å². The Labute approximate surface area is 430 Å². The number of rotatable bonds is 23. The Hall–Kier alpha value is -5.70. The zero-order valence-corrected chi connectivity index (χ0v) is 45.1. The summed E-state index contributed by atoms with van der Waals surface area (Å²) in [6.45, 7) is 18.6. The van der Waals surface area contributed by atoms with Gasteiger partial charge in [-0.25, -0.2) is 24.4 Å². The lowest BCUT2D eigenvalue weighted by Crippen LogP contribution is -2.58. The summed E-state index contributed by atoms with van der Waals surface area (Å²) in [5.74, 6) is -1.25. The topological polar surface area (TPSA) is 251 Å². The van der Waals surface area contributed by atoms with Crippen molar-refractivity contribution in [1.82, 2.24) is 25.5 Å². The summed E-state index contributed by atoms with van der Waals surface area (Å²) in [6, 6.07) is 4.72. The molecule has 1 unspecified atom stereocenters. The number of fused-ring (bicyclic) bond motifs is 1. The molecule has 3 amide bonds. The first-order valence-electron chi connectivity index (χ1n) is 24.6. The van der Waals surface area contributed by atoms with Gasteiger partial charge in [0.15, 0.2) is 5.13 Å². The normalized spacial score (nSPS) is 20.4. The molecule has 2 aromatic heterocycles. The van der Waals surface area contributed by atoms with Crippen LogP contribution < -0.4 is 25.4 Å². The summed E-state index contributed by atoms with van der Waals surface area (Å²) >= 11 is 1.42. The SMILES string of the molecule is C=C[C@@H]1C[C@]1(NC(=O)[C@@H]1CC(Oc2cc(-c3csc(NC(C)C)n3)nc3cc(OC)ccc23)CN1C(=O)[C@@H](NC(=O)OC1CCCC1)C(C)(C)C)P(=O)(OCOC(=O)OCC(C)C)OCOC(=O)OCC(C)C. The maximum absolute atomic E-state index is 15.1. The molecule has 6 rings (SSSR count). The molecule has 0 spiro atoms. The number of likely N-dealkylation sites (tertiary alicyclic amines) is 1. The molecule has 3 aromatic rings. The van der Waals surface area contributed by atoms with Gasteiger partial charge in [0.2, 0.25) is 25.4 Å². The Kier molecular flexibility index (Phi) is 19.0. The van der Waals surface area contributed by atoms with Crippen LogP contribution in [0.1, 0.15) is 101 Å². The number of carbonyl (C=O) groups is 5. The minimum Gasteiger partial charge on any atom is -0.497 e. The van der Waals surface area contributed by atoms with Gasteiger partial charge in [0, 0.05) is 41.3 Å². The van der Waals surface area contributed by atoms with Gasteiger partial charge in [-0.2, -0.15) is 0 Å². The quantitative estimate of drug-likeness (QED) is 0.0263. The molecule has 73 heavy (non-hydrogen) atoms. The fourth-order valence-corrected chi connectivity index (χ4v) is 11.4. The van der Waals surface area contributed by atoms with Gasteiger partial charge in [0.25, 0.3) is 0 Å². The van der Waals surface area contributed by atoms with Gasteiger partial charge in [-0.05, 0) is 75.3 Å². The monoisotopic (exact) mass is 1060 g/mol. The third-order valence-corrected chi connectivity index (χ3v) is 15.5. The van der Waals surface area contributed by atoms with E-state index in [-0.39, 0.29) is 56.6 Å². The summed E-state index contributed by atoms with van der Waals surface area (Å²) in [7, 11) is -3.19. The molecule has 3 aliphatic rings. The largest absolute Gasteiger partial charge is 0.510 e. The van der Waals surface area contributed by atoms with Crippen molar-refractivity contribution in [2.75, 3.05) is 45.8 Å². The Morgan fingerprint density at radius 1 is 0.904 bits per heavy atom. The number of methoxy groups -OCH3 is 1. The van der Waals surface area contributed by atoms with Gasteiger partial charge in [-0.3, -0.25) is 23.2 Å². The number of aromatic nitrogens is 2. The van der Waals surface area contributed by atoms with Gasteiger partial charge in [0.05, 0.1) is 38.1 Å². The van der Waals surface area contributed by atoms with Gasteiger partial charge in [-0.1, -0.05) is 54.5 Å². The molecular weight excluding hydrogens is 988 g/mol. The summed E-state index contributed by atoms with van der Waals surface area (Å²) < 4.78 is 65.0. The van der Waals surface area contributed by atoms with E-state index in [1.807, 2.05) is 46.9 Å². The van der Waals surface area contributed by atoms with E-state index >= 15 is 14.2 Å². The van der Waals surface area contributed by atoms with Crippen molar-refractivity contribution in [2.24, 2.45) is 23.2 Å². The number of nitrogens with one attached hydrogen (secondary N) is 3. The van der Waals surface area contributed by atoms with E-state index in [0.29, 0.717) is 51.8 Å². The highest BCUT2D eigenvalue weighted by atomic mass is 32.1. The van der Waals surface area contributed by atoms with Crippen LogP contribution in [0.15, 0.2) is 42.3 Å². The van der Waals surface area contributed by atoms with E-state index < -0.39 is 86.2 Å². The third-order valence-electron chi connectivity index (χ3n) is 12.2. The standard InChI is InChI=1S/C50H71N6O15PS/c1-12-32-22-50(32,72(62,68-27-66-47(60)64-24-29(2)3)69-28-67-48(61)65-25-30(4)5)55-43(57)40-20-35(23-56(40)44(58)42(49(8,9)10)54-46(59)71-33-15-13-14-16-33)70-41-21-38(39-26-73-45(53-39)51-31(6)7)52-37-19-34(63-11)17-18-36(37)41/h12,17-19,21,26,29-33,35,40,42H,1,13-16,20,22-25,27-28H2,2-11H3,(H,51,53)(H,54,59)(H,55,57)/t32-,35?,40+,42-,50+/m1/s1. The number of hydrogen-bond acceptors (Lipinski definition) is 19. The lowest BCUT2D eigenvalue weighted by Gasteiger charge is -2.36. The molecule has 5 atom stereocenters.